The third kappa shape index (κ3) is 4.96. The topological polar surface area (TPSA) is 74.3 Å². The normalized spacial score (nSPS) is 12.5. The van der Waals surface area contributed by atoms with Crippen molar-refractivity contribution in [1.82, 2.24) is 10.3 Å². The maximum Gasteiger partial charge on any atom is 0.321 e. The van der Waals surface area contributed by atoms with Gasteiger partial charge in [0, 0.05) is 40.1 Å². The Morgan fingerprint density at radius 1 is 1.21 bits per heavy atom. The highest BCUT2D eigenvalue weighted by Crippen LogP contribution is 2.34. The minimum atomic E-state index is -0.884. The van der Waals surface area contributed by atoms with Crippen LogP contribution < -0.4 is 10.1 Å². The minimum Gasteiger partial charge on any atom is -0.489 e. The Morgan fingerprint density at radius 2 is 1.96 bits per heavy atom. The van der Waals surface area contributed by atoms with E-state index in [-0.39, 0.29) is 6.10 Å². The third-order valence-corrected chi connectivity index (χ3v) is 5.42. The van der Waals surface area contributed by atoms with Crippen LogP contribution in [0.15, 0.2) is 51.5 Å². The molecule has 0 aliphatic heterocycles. The van der Waals surface area contributed by atoms with Gasteiger partial charge in [-0.15, -0.1) is 0 Å². The molecular weight excluding hydrogens is 488 g/mol. The summed E-state index contributed by atoms with van der Waals surface area (Å²) in [5.41, 5.74) is 2.87. The molecule has 3 N–H and O–H groups in total. The summed E-state index contributed by atoms with van der Waals surface area (Å²) >= 11 is 7.03. The third-order valence-electron chi connectivity index (χ3n) is 4.37. The monoisotopic (exact) mass is 508 g/mol. The second-order valence-corrected chi connectivity index (χ2v) is 8.65. The fourth-order valence-electron chi connectivity index (χ4n) is 3.11. The largest absolute Gasteiger partial charge is 0.489 e. The summed E-state index contributed by atoms with van der Waals surface area (Å²) in [5, 5.41) is 13.9. The van der Waals surface area contributed by atoms with E-state index in [1.54, 1.807) is 0 Å². The molecule has 0 saturated heterocycles. The number of benzene rings is 2. The Morgan fingerprint density at radius 3 is 2.68 bits per heavy atom. The van der Waals surface area contributed by atoms with E-state index in [9.17, 15) is 9.90 Å². The molecule has 3 aromatic rings. The van der Waals surface area contributed by atoms with E-state index in [1.807, 2.05) is 56.4 Å². The molecule has 0 fully saturated rings. The number of ether oxygens (including phenoxy) is 1. The first-order chi connectivity index (χ1) is 13.3. The Kier molecular flexibility index (Phi) is 6.80. The Balaban J connectivity index is 1.80. The maximum atomic E-state index is 11.9. The van der Waals surface area contributed by atoms with Gasteiger partial charge >= 0.3 is 5.97 Å². The number of nitrogens with one attached hydrogen (secondary N) is 2. The van der Waals surface area contributed by atoms with E-state index >= 15 is 0 Å². The van der Waals surface area contributed by atoms with Crippen molar-refractivity contribution in [3.05, 3.63) is 62.7 Å². The predicted octanol–water partition coefficient (Wildman–Crippen LogP) is 5.27. The second-order valence-electron chi connectivity index (χ2n) is 6.88. The van der Waals surface area contributed by atoms with Gasteiger partial charge < -0.3 is 14.8 Å². The van der Waals surface area contributed by atoms with Gasteiger partial charge in [-0.05, 0) is 53.5 Å². The minimum absolute atomic E-state index is 0.0118. The average molecular weight is 510 g/mol. The quantitative estimate of drug-likeness (QED) is 0.387. The van der Waals surface area contributed by atoms with Crippen molar-refractivity contribution in [2.24, 2.45) is 0 Å². The number of aromatic nitrogens is 1. The van der Waals surface area contributed by atoms with Gasteiger partial charge in [0.1, 0.15) is 11.8 Å². The summed E-state index contributed by atoms with van der Waals surface area (Å²) in [6.45, 7) is 4.30. The molecule has 0 spiro atoms. The van der Waals surface area contributed by atoms with E-state index in [0.29, 0.717) is 13.0 Å². The van der Waals surface area contributed by atoms with Crippen molar-refractivity contribution >= 4 is 48.7 Å². The van der Waals surface area contributed by atoms with Crippen LogP contribution in [-0.4, -0.2) is 28.2 Å². The molecule has 1 aromatic heterocycles. The summed E-state index contributed by atoms with van der Waals surface area (Å²) in [4.78, 5) is 15.1. The smallest absolute Gasteiger partial charge is 0.321 e. The SMILES string of the molecule is CC(C)Oc1c(Br)cc(Br)cc1CNC(Cc1c[nH]c2ccccc12)C(=O)O. The summed E-state index contributed by atoms with van der Waals surface area (Å²) in [7, 11) is 0. The molecule has 0 radical (unpaired) electrons. The summed E-state index contributed by atoms with van der Waals surface area (Å²) in [6, 6.07) is 11.0. The lowest BCUT2D eigenvalue weighted by molar-refractivity contribution is -0.139. The highest BCUT2D eigenvalue weighted by Gasteiger charge is 2.21. The van der Waals surface area contributed by atoms with Gasteiger partial charge in [0.2, 0.25) is 0 Å². The van der Waals surface area contributed by atoms with Crippen LogP contribution in [-0.2, 0) is 17.8 Å². The lowest BCUT2D eigenvalue weighted by Crippen LogP contribution is -2.38. The lowest BCUT2D eigenvalue weighted by Gasteiger charge is -2.19. The number of aromatic amines is 1. The zero-order chi connectivity index (χ0) is 20.3. The van der Waals surface area contributed by atoms with E-state index in [2.05, 4.69) is 42.2 Å². The number of hydrogen-bond acceptors (Lipinski definition) is 3. The van der Waals surface area contributed by atoms with Gasteiger partial charge in [-0.3, -0.25) is 10.1 Å². The van der Waals surface area contributed by atoms with Crippen LogP contribution in [0.4, 0.5) is 0 Å². The number of rotatable bonds is 8. The van der Waals surface area contributed by atoms with Gasteiger partial charge in [-0.2, -0.15) is 0 Å². The van der Waals surface area contributed by atoms with Crippen molar-refractivity contribution < 1.29 is 14.6 Å². The number of H-pyrrole nitrogens is 1. The van der Waals surface area contributed by atoms with Crippen molar-refractivity contribution in [3.63, 3.8) is 0 Å². The van der Waals surface area contributed by atoms with Crippen LogP contribution in [0.3, 0.4) is 0 Å². The van der Waals surface area contributed by atoms with E-state index in [4.69, 9.17) is 4.74 Å². The molecule has 7 heteroatoms. The van der Waals surface area contributed by atoms with Gasteiger partial charge in [0.05, 0.1) is 10.6 Å². The molecule has 1 heterocycles. The van der Waals surface area contributed by atoms with Crippen LogP contribution in [0.1, 0.15) is 25.0 Å². The first-order valence-corrected chi connectivity index (χ1v) is 10.6. The Hall–Kier alpha value is -1.83. The molecule has 0 aliphatic carbocycles. The first kappa shape index (κ1) is 20.9. The lowest BCUT2D eigenvalue weighted by atomic mass is 10.0. The van der Waals surface area contributed by atoms with Crippen molar-refractivity contribution in [2.45, 2.75) is 39.0 Å². The Bertz CT molecular complexity index is 985. The number of para-hydroxylation sites is 1. The van der Waals surface area contributed by atoms with Gasteiger partial charge in [0.25, 0.3) is 0 Å². The summed E-state index contributed by atoms with van der Waals surface area (Å²) in [5.74, 6) is -0.160. The standard InChI is InChI=1S/C21H22Br2N2O3/c1-12(2)28-20-14(7-15(22)9-17(20)23)11-25-19(21(26)27)8-13-10-24-18-6-4-3-5-16(13)18/h3-7,9-10,12,19,24-25H,8,11H2,1-2H3,(H,26,27). The van der Waals surface area contributed by atoms with Gasteiger partial charge in [-0.1, -0.05) is 34.1 Å². The zero-order valence-electron chi connectivity index (χ0n) is 15.6. The maximum absolute atomic E-state index is 11.9. The van der Waals surface area contributed by atoms with Crippen molar-refractivity contribution in [3.8, 4) is 5.75 Å². The Labute approximate surface area is 180 Å². The van der Waals surface area contributed by atoms with Crippen LogP contribution >= 0.6 is 31.9 Å². The molecule has 148 valence electrons. The van der Waals surface area contributed by atoms with Gasteiger partial charge in [0.15, 0.2) is 0 Å². The predicted molar refractivity (Wildman–Crippen MR) is 118 cm³/mol. The number of carboxylic acid groups (broad SMARTS) is 1. The molecule has 28 heavy (non-hydrogen) atoms. The highest BCUT2D eigenvalue weighted by atomic mass is 79.9. The molecular formula is C21H22Br2N2O3. The highest BCUT2D eigenvalue weighted by molar-refractivity contribution is 9.11. The number of fused-ring (bicyclic) bond motifs is 1. The zero-order valence-corrected chi connectivity index (χ0v) is 18.8. The van der Waals surface area contributed by atoms with Crippen molar-refractivity contribution in [2.75, 3.05) is 0 Å². The van der Waals surface area contributed by atoms with Gasteiger partial charge in [-0.25, -0.2) is 0 Å². The number of aliphatic carboxylic acids is 1. The van der Waals surface area contributed by atoms with Crippen LogP contribution in [0.5, 0.6) is 5.75 Å². The summed E-state index contributed by atoms with van der Waals surface area (Å²) < 4.78 is 7.66. The van der Waals surface area contributed by atoms with Crippen LogP contribution in [0.25, 0.3) is 10.9 Å². The number of halogens is 2. The first-order valence-electron chi connectivity index (χ1n) is 9.01. The fourth-order valence-corrected chi connectivity index (χ4v) is 4.52. The molecule has 1 atom stereocenters. The molecule has 1 unspecified atom stereocenters. The van der Waals surface area contributed by atoms with Crippen molar-refractivity contribution in [1.29, 1.82) is 0 Å². The van der Waals surface area contributed by atoms with E-state index < -0.39 is 12.0 Å². The molecule has 2 aromatic carbocycles. The molecule has 0 aliphatic rings. The molecule has 0 bridgehead atoms. The second kappa shape index (κ2) is 9.11. The number of carboxylic acids is 1. The van der Waals surface area contributed by atoms with E-state index in [0.717, 1.165) is 36.7 Å². The molecule has 5 nitrogen and oxygen atoms in total. The number of carbonyl (C=O) groups is 1. The average Bonchev–Trinajstić information content (AvgIpc) is 3.03. The fraction of sp³-hybridized carbons (Fsp3) is 0.286. The van der Waals surface area contributed by atoms with E-state index in [1.165, 1.54) is 0 Å². The number of hydrogen-bond donors (Lipinski definition) is 3. The summed E-state index contributed by atoms with van der Waals surface area (Å²) in [6.07, 6.45) is 2.28. The molecule has 0 amide bonds. The molecule has 0 saturated carbocycles. The van der Waals surface area contributed by atoms with Crippen LogP contribution in [0, 0.1) is 0 Å². The van der Waals surface area contributed by atoms with Crippen LogP contribution in [0.2, 0.25) is 0 Å². The molecule has 3 rings (SSSR count).